The lowest BCUT2D eigenvalue weighted by Crippen LogP contribution is -1.97. The second kappa shape index (κ2) is 10.1. The Bertz CT molecular complexity index is 1380. The Morgan fingerprint density at radius 3 is 2.58 bits per heavy atom. The zero-order valence-corrected chi connectivity index (χ0v) is 19.9. The molecule has 0 spiro atoms. The number of rotatable bonds is 9. The SMILES string of the molecule is CCCCCCc1cc(-c2ccc3c(c2)c2ccccc2n3CC)sc1/C=C(\C#N)C(=O)O. The molecule has 2 aromatic heterocycles. The van der Waals surface area contributed by atoms with Crippen molar-refractivity contribution in [2.75, 3.05) is 0 Å². The normalized spacial score (nSPS) is 11.8. The van der Waals surface area contributed by atoms with Gasteiger partial charge in [-0.05, 0) is 61.2 Å². The van der Waals surface area contributed by atoms with Crippen LogP contribution < -0.4 is 0 Å². The molecule has 4 rings (SSSR count). The molecule has 0 aliphatic carbocycles. The molecule has 0 saturated heterocycles. The maximum atomic E-state index is 11.4. The first-order chi connectivity index (χ1) is 16.1. The molecule has 0 radical (unpaired) electrons. The Balaban J connectivity index is 1.80. The van der Waals surface area contributed by atoms with Crippen molar-refractivity contribution in [3.8, 4) is 16.5 Å². The summed E-state index contributed by atoms with van der Waals surface area (Å²) in [6.07, 6.45) is 6.99. The molecule has 0 bridgehead atoms. The molecule has 0 saturated carbocycles. The van der Waals surface area contributed by atoms with Crippen LogP contribution in [-0.2, 0) is 17.8 Å². The Morgan fingerprint density at radius 2 is 1.85 bits per heavy atom. The molecule has 0 aliphatic rings. The molecule has 33 heavy (non-hydrogen) atoms. The van der Waals surface area contributed by atoms with E-state index in [9.17, 15) is 15.2 Å². The Hall–Kier alpha value is -3.36. The summed E-state index contributed by atoms with van der Waals surface area (Å²) in [5.74, 6) is -1.18. The third-order valence-corrected chi connectivity index (χ3v) is 7.31. The molecule has 0 aliphatic heterocycles. The summed E-state index contributed by atoms with van der Waals surface area (Å²) in [7, 11) is 0. The van der Waals surface area contributed by atoms with Crippen LogP contribution in [0.4, 0.5) is 0 Å². The van der Waals surface area contributed by atoms with E-state index >= 15 is 0 Å². The van der Waals surface area contributed by atoms with E-state index in [2.05, 4.69) is 66.9 Å². The Labute approximate surface area is 198 Å². The van der Waals surface area contributed by atoms with Crippen molar-refractivity contribution in [1.82, 2.24) is 4.57 Å². The van der Waals surface area contributed by atoms with Crippen LogP contribution in [0.25, 0.3) is 38.3 Å². The number of carboxylic acids is 1. The number of thiophene rings is 1. The molecular weight excluding hydrogens is 428 g/mol. The molecule has 0 amide bonds. The van der Waals surface area contributed by atoms with Crippen molar-refractivity contribution in [3.05, 3.63) is 64.5 Å². The quantitative estimate of drug-likeness (QED) is 0.160. The van der Waals surface area contributed by atoms with E-state index in [-0.39, 0.29) is 5.57 Å². The van der Waals surface area contributed by atoms with Crippen LogP contribution >= 0.6 is 11.3 Å². The molecule has 0 atom stereocenters. The van der Waals surface area contributed by atoms with Crippen LogP contribution in [0.15, 0.2) is 54.1 Å². The summed E-state index contributed by atoms with van der Waals surface area (Å²) in [6, 6.07) is 19.1. The molecule has 2 heterocycles. The molecule has 4 aromatic rings. The standard InChI is InChI=1S/C28H28N2O2S/c1-3-5-6-7-10-19-16-26(33-27(19)17-21(18-29)28(31)32)20-13-14-25-23(15-20)22-11-8-9-12-24(22)30(25)4-2/h8-9,11-17H,3-7,10H2,1-2H3,(H,31,32)/b21-17+. The minimum Gasteiger partial charge on any atom is -0.477 e. The number of aryl methyl sites for hydroxylation is 2. The van der Waals surface area contributed by atoms with Crippen LogP contribution in [0.3, 0.4) is 0 Å². The van der Waals surface area contributed by atoms with Gasteiger partial charge in [-0.2, -0.15) is 5.26 Å². The summed E-state index contributed by atoms with van der Waals surface area (Å²) in [5, 5.41) is 21.1. The van der Waals surface area contributed by atoms with Crippen LogP contribution in [0, 0.1) is 11.3 Å². The third kappa shape index (κ3) is 4.58. The Morgan fingerprint density at radius 1 is 1.06 bits per heavy atom. The van der Waals surface area contributed by atoms with Gasteiger partial charge in [-0.25, -0.2) is 4.79 Å². The van der Waals surface area contributed by atoms with Gasteiger partial charge in [0.05, 0.1) is 0 Å². The highest BCUT2D eigenvalue weighted by molar-refractivity contribution is 7.16. The maximum Gasteiger partial charge on any atom is 0.346 e. The molecule has 168 valence electrons. The van der Waals surface area contributed by atoms with E-state index in [0.29, 0.717) is 0 Å². The number of fused-ring (bicyclic) bond motifs is 3. The van der Waals surface area contributed by atoms with Gasteiger partial charge < -0.3 is 9.67 Å². The van der Waals surface area contributed by atoms with Gasteiger partial charge in [-0.1, -0.05) is 50.5 Å². The van der Waals surface area contributed by atoms with Crippen LogP contribution in [0.5, 0.6) is 0 Å². The first-order valence-electron chi connectivity index (χ1n) is 11.6. The van der Waals surface area contributed by atoms with Gasteiger partial charge in [0.25, 0.3) is 0 Å². The van der Waals surface area contributed by atoms with E-state index in [1.165, 1.54) is 40.7 Å². The van der Waals surface area contributed by atoms with Gasteiger partial charge in [0.2, 0.25) is 0 Å². The van der Waals surface area contributed by atoms with E-state index in [1.54, 1.807) is 11.3 Å². The largest absolute Gasteiger partial charge is 0.477 e. The van der Waals surface area contributed by atoms with Gasteiger partial charge >= 0.3 is 5.97 Å². The van der Waals surface area contributed by atoms with Gasteiger partial charge in [0, 0.05) is 38.1 Å². The van der Waals surface area contributed by atoms with Crippen LogP contribution in [0.2, 0.25) is 0 Å². The summed E-state index contributed by atoms with van der Waals surface area (Å²) in [6.45, 7) is 5.26. The minimum absolute atomic E-state index is 0.223. The van der Waals surface area contributed by atoms with Crippen LogP contribution in [-0.4, -0.2) is 15.6 Å². The number of nitrogens with zero attached hydrogens (tertiary/aromatic N) is 2. The fourth-order valence-corrected chi connectivity index (χ4v) is 5.62. The third-order valence-electron chi connectivity index (χ3n) is 6.14. The van der Waals surface area contributed by atoms with Gasteiger partial charge in [0.1, 0.15) is 11.6 Å². The highest BCUT2D eigenvalue weighted by Gasteiger charge is 2.15. The number of unbranched alkanes of at least 4 members (excludes halogenated alkanes) is 3. The van der Waals surface area contributed by atoms with Crippen molar-refractivity contribution in [2.45, 2.75) is 52.5 Å². The van der Waals surface area contributed by atoms with E-state index in [1.807, 2.05) is 6.07 Å². The second-order valence-electron chi connectivity index (χ2n) is 8.28. The Kier molecular flexibility index (Phi) is 6.96. The van der Waals surface area contributed by atoms with E-state index < -0.39 is 5.97 Å². The lowest BCUT2D eigenvalue weighted by Gasteiger charge is -2.03. The topological polar surface area (TPSA) is 66.0 Å². The predicted octanol–water partition coefficient (Wildman–Crippen LogP) is 7.66. The number of carboxylic acid groups (broad SMARTS) is 1. The number of aliphatic carboxylic acids is 1. The predicted molar refractivity (Wildman–Crippen MR) is 138 cm³/mol. The van der Waals surface area contributed by atoms with Crippen molar-refractivity contribution >= 4 is 45.2 Å². The summed E-state index contributed by atoms with van der Waals surface area (Å²) in [5.41, 5.74) is 4.47. The number of carbonyl (C=O) groups is 1. The van der Waals surface area contributed by atoms with Gasteiger partial charge in [0.15, 0.2) is 0 Å². The smallest absolute Gasteiger partial charge is 0.346 e. The lowest BCUT2D eigenvalue weighted by atomic mass is 10.0. The lowest BCUT2D eigenvalue weighted by molar-refractivity contribution is -0.132. The zero-order valence-electron chi connectivity index (χ0n) is 19.1. The van der Waals surface area contributed by atoms with Gasteiger partial charge in [-0.15, -0.1) is 11.3 Å². The molecule has 5 heteroatoms. The maximum absolute atomic E-state index is 11.4. The fourth-order valence-electron chi connectivity index (χ4n) is 4.47. The van der Waals surface area contributed by atoms with Crippen molar-refractivity contribution in [1.29, 1.82) is 5.26 Å². The number of benzene rings is 2. The van der Waals surface area contributed by atoms with Crippen molar-refractivity contribution in [3.63, 3.8) is 0 Å². The summed E-state index contributed by atoms with van der Waals surface area (Å²) in [4.78, 5) is 13.4. The number of hydrogen-bond acceptors (Lipinski definition) is 3. The fraction of sp³-hybridized carbons (Fsp3) is 0.286. The highest BCUT2D eigenvalue weighted by atomic mass is 32.1. The number of hydrogen-bond donors (Lipinski definition) is 1. The average molecular weight is 457 g/mol. The average Bonchev–Trinajstić information content (AvgIpc) is 3.38. The summed E-state index contributed by atoms with van der Waals surface area (Å²) >= 11 is 1.57. The van der Waals surface area contributed by atoms with Crippen molar-refractivity contribution in [2.24, 2.45) is 0 Å². The first kappa shape index (κ1) is 22.8. The molecule has 2 aromatic carbocycles. The molecule has 0 fully saturated rings. The molecule has 0 unspecified atom stereocenters. The summed E-state index contributed by atoms with van der Waals surface area (Å²) < 4.78 is 2.34. The monoisotopic (exact) mass is 456 g/mol. The number of aromatic nitrogens is 1. The highest BCUT2D eigenvalue weighted by Crippen LogP contribution is 2.37. The molecular formula is C28H28N2O2S. The molecule has 1 N–H and O–H groups in total. The second-order valence-corrected chi connectivity index (χ2v) is 9.36. The van der Waals surface area contributed by atoms with Crippen molar-refractivity contribution < 1.29 is 9.90 Å². The molecule has 4 nitrogen and oxygen atoms in total. The zero-order chi connectivity index (χ0) is 23.4. The van der Waals surface area contributed by atoms with Crippen LogP contribution in [0.1, 0.15) is 50.0 Å². The number of para-hydroxylation sites is 1. The minimum atomic E-state index is -1.18. The van der Waals surface area contributed by atoms with Gasteiger partial charge in [-0.3, -0.25) is 0 Å². The first-order valence-corrected chi connectivity index (χ1v) is 12.4. The number of nitriles is 1. The van der Waals surface area contributed by atoms with E-state index in [0.717, 1.165) is 46.7 Å². The van der Waals surface area contributed by atoms with E-state index in [4.69, 9.17) is 0 Å².